The van der Waals surface area contributed by atoms with Crippen molar-refractivity contribution in [2.75, 3.05) is 6.54 Å². The van der Waals surface area contributed by atoms with Gasteiger partial charge < -0.3 is 19.3 Å². The van der Waals surface area contributed by atoms with Crippen molar-refractivity contribution in [1.82, 2.24) is 10.3 Å². The summed E-state index contributed by atoms with van der Waals surface area (Å²) in [5.41, 5.74) is 1.07. The minimum absolute atomic E-state index is 0.00949. The lowest BCUT2D eigenvalue weighted by atomic mass is 10.2. The Bertz CT molecular complexity index is 796. The van der Waals surface area contributed by atoms with Gasteiger partial charge in [0.25, 0.3) is 0 Å². The van der Waals surface area contributed by atoms with Crippen LogP contribution in [-0.4, -0.2) is 22.5 Å². The molecule has 0 saturated heterocycles. The van der Waals surface area contributed by atoms with Crippen LogP contribution in [0.4, 0.5) is 4.39 Å². The molecule has 6 nitrogen and oxygen atoms in total. The van der Waals surface area contributed by atoms with Crippen LogP contribution in [0.15, 0.2) is 57.8 Å². The Morgan fingerprint density at radius 3 is 2.75 bits per heavy atom. The number of aliphatic hydroxyl groups is 1. The van der Waals surface area contributed by atoms with Gasteiger partial charge >= 0.3 is 0 Å². The number of hydrogen-bond donors (Lipinski definition) is 2. The summed E-state index contributed by atoms with van der Waals surface area (Å²) >= 11 is 0. The Morgan fingerprint density at radius 1 is 1.25 bits per heavy atom. The summed E-state index contributed by atoms with van der Waals surface area (Å²) in [6.45, 7) is 0.0367. The van der Waals surface area contributed by atoms with E-state index in [1.807, 2.05) is 0 Å². The first-order valence-corrected chi connectivity index (χ1v) is 7.30. The highest BCUT2D eigenvalue weighted by Crippen LogP contribution is 2.19. The van der Waals surface area contributed by atoms with E-state index in [9.17, 15) is 14.3 Å². The molecule has 7 heteroatoms. The second-order valence-electron chi connectivity index (χ2n) is 5.16. The average Bonchev–Trinajstić information content (AvgIpc) is 3.25. The highest BCUT2D eigenvalue weighted by Gasteiger charge is 2.14. The quantitative estimate of drug-likeness (QED) is 0.725. The number of oxazole rings is 1. The van der Waals surface area contributed by atoms with Crippen molar-refractivity contribution in [2.24, 2.45) is 0 Å². The van der Waals surface area contributed by atoms with Gasteiger partial charge in [-0.15, -0.1) is 0 Å². The predicted octanol–water partition coefficient (Wildman–Crippen LogP) is 2.47. The Balaban J connectivity index is 1.54. The number of hydrogen-bond acceptors (Lipinski definition) is 5. The van der Waals surface area contributed by atoms with E-state index in [0.29, 0.717) is 22.9 Å². The van der Waals surface area contributed by atoms with E-state index >= 15 is 0 Å². The van der Waals surface area contributed by atoms with Crippen LogP contribution in [-0.2, 0) is 11.2 Å². The zero-order valence-electron chi connectivity index (χ0n) is 12.6. The molecule has 2 heterocycles. The number of nitrogens with zero attached hydrogens (tertiary/aromatic N) is 1. The van der Waals surface area contributed by atoms with E-state index in [2.05, 4.69) is 10.3 Å². The van der Waals surface area contributed by atoms with Crippen molar-refractivity contribution in [1.29, 1.82) is 0 Å². The number of aromatic nitrogens is 1. The molecular formula is C17H15FN2O4. The second-order valence-corrected chi connectivity index (χ2v) is 5.16. The van der Waals surface area contributed by atoms with Crippen LogP contribution < -0.4 is 5.32 Å². The smallest absolute Gasteiger partial charge is 0.226 e. The summed E-state index contributed by atoms with van der Waals surface area (Å²) < 4.78 is 23.2. The number of carbonyl (C=O) groups is 1. The van der Waals surface area contributed by atoms with Crippen molar-refractivity contribution in [3.63, 3.8) is 0 Å². The molecule has 0 fully saturated rings. The van der Waals surface area contributed by atoms with Gasteiger partial charge in [0.05, 0.1) is 24.9 Å². The molecule has 3 rings (SSSR count). The zero-order valence-corrected chi connectivity index (χ0v) is 12.6. The van der Waals surface area contributed by atoms with Crippen LogP contribution in [0.3, 0.4) is 0 Å². The molecule has 2 aromatic heterocycles. The minimum atomic E-state index is -0.906. The Kier molecular flexibility index (Phi) is 4.72. The van der Waals surface area contributed by atoms with E-state index < -0.39 is 6.10 Å². The fraction of sp³-hybridized carbons (Fsp3) is 0.176. The maximum atomic E-state index is 12.9. The van der Waals surface area contributed by atoms with Gasteiger partial charge in [0, 0.05) is 5.56 Å². The Labute approximate surface area is 136 Å². The molecule has 0 aliphatic heterocycles. The molecule has 0 aliphatic carbocycles. The average molecular weight is 330 g/mol. The molecule has 3 aromatic rings. The van der Waals surface area contributed by atoms with Gasteiger partial charge in [0.15, 0.2) is 0 Å². The summed E-state index contributed by atoms with van der Waals surface area (Å²) in [7, 11) is 0. The van der Waals surface area contributed by atoms with E-state index in [1.165, 1.54) is 24.7 Å². The third kappa shape index (κ3) is 3.88. The van der Waals surface area contributed by atoms with E-state index in [-0.39, 0.29) is 24.7 Å². The molecule has 1 amide bonds. The SMILES string of the molecule is O=C(Cc1coc(-c2ccc(F)cc2)n1)NCC(O)c1ccco1. The highest BCUT2D eigenvalue weighted by atomic mass is 19.1. The van der Waals surface area contributed by atoms with Gasteiger partial charge in [-0.3, -0.25) is 4.79 Å². The number of furan rings is 1. The number of nitrogens with one attached hydrogen (secondary N) is 1. The van der Waals surface area contributed by atoms with Crippen LogP contribution in [0.25, 0.3) is 11.5 Å². The first-order valence-electron chi connectivity index (χ1n) is 7.30. The molecule has 1 aromatic carbocycles. The van der Waals surface area contributed by atoms with E-state index in [4.69, 9.17) is 8.83 Å². The normalized spacial score (nSPS) is 12.1. The van der Waals surface area contributed by atoms with Gasteiger partial charge in [-0.05, 0) is 36.4 Å². The highest BCUT2D eigenvalue weighted by molar-refractivity contribution is 5.78. The molecule has 124 valence electrons. The van der Waals surface area contributed by atoms with Gasteiger partial charge in [-0.25, -0.2) is 9.37 Å². The molecule has 0 aliphatic rings. The molecule has 0 spiro atoms. The molecule has 24 heavy (non-hydrogen) atoms. The third-order valence-corrected chi connectivity index (χ3v) is 3.35. The Hall–Kier alpha value is -2.93. The van der Waals surface area contributed by atoms with E-state index in [0.717, 1.165) is 0 Å². The summed E-state index contributed by atoms with van der Waals surface area (Å²) in [5, 5.41) is 12.4. The monoisotopic (exact) mass is 330 g/mol. The van der Waals surface area contributed by atoms with Gasteiger partial charge in [-0.2, -0.15) is 0 Å². The standard InChI is InChI=1S/C17H15FN2O4/c18-12-5-3-11(4-6-12)17-20-13(10-24-17)8-16(22)19-9-14(21)15-2-1-7-23-15/h1-7,10,14,21H,8-9H2,(H,19,22). The number of amides is 1. The number of benzene rings is 1. The molecule has 1 atom stereocenters. The van der Waals surface area contributed by atoms with Gasteiger partial charge in [0.1, 0.15) is 23.9 Å². The maximum absolute atomic E-state index is 12.9. The van der Waals surface area contributed by atoms with Crippen molar-refractivity contribution in [2.45, 2.75) is 12.5 Å². The number of halogens is 1. The van der Waals surface area contributed by atoms with Crippen molar-refractivity contribution < 1.29 is 23.1 Å². The van der Waals surface area contributed by atoms with Crippen LogP contribution in [0.5, 0.6) is 0 Å². The molecule has 0 radical (unpaired) electrons. The lowest BCUT2D eigenvalue weighted by Crippen LogP contribution is -2.29. The van der Waals surface area contributed by atoms with Gasteiger partial charge in [0.2, 0.25) is 11.8 Å². The number of aliphatic hydroxyl groups excluding tert-OH is 1. The van der Waals surface area contributed by atoms with E-state index in [1.54, 1.807) is 24.3 Å². The lowest BCUT2D eigenvalue weighted by molar-refractivity contribution is -0.121. The van der Waals surface area contributed by atoms with Crippen LogP contribution in [0, 0.1) is 5.82 Å². The topological polar surface area (TPSA) is 88.5 Å². The molecule has 0 saturated carbocycles. The van der Waals surface area contributed by atoms with Gasteiger partial charge in [-0.1, -0.05) is 0 Å². The summed E-state index contributed by atoms with van der Waals surface area (Å²) in [4.78, 5) is 16.1. The first kappa shape index (κ1) is 15.9. The fourth-order valence-corrected chi connectivity index (χ4v) is 2.13. The van der Waals surface area contributed by atoms with Crippen LogP contribution in [0.1, 0.15) is 17.6 Å². The lowest BCUT2D eigenvalue weighted by Gasteiger charge is -2.08. The second kappa shape index (κ2) is 7.10. The van der Waals surface area contributed by atoms with Crippen molar-refractivity contribution >= 4 is 5.91 Å². The Morgan fingerprint density at radius 2 is 2.04 bits per heavy atom. The molecule has 1 unspecified atom stereocenters. The fourth-order valence-electron chi connectivity index (χ4n) is 2.13. The maximum Gasteiger partial charge on any atom is 0.226 e. The number of carbonyl (C=O) groups excluding carboxylic acids is 1. The third-order valence-electron chi connectivity index (χ3n) is 3.35. The van der Waals surface area contributed by atoms with Crippen LogP contribution >= 0.6 is 0 Å². The summed E-state index contributed by atoms with van der Waals surface area (Å²) in [6.07, 6.45) is 1.93. The zero-order chi connectivity index (χ0) is 16.9. The summed E-state index contributed by atoms with van der Waals surface area (Å²) in [6, 6.07) is 9.00. The predicted molar refractivity (Wildman–Crippen MR) is 82.3 cm³/mol. The van der Waals surface area contributed by atoms with Crippen molar-refractivity contribution in [3.05, 3.63) is 66.2 Å². The van der Waals surface area contributed by atoms with Crippen molar-refractivity contribution in [3.8, 4) is 11.5 Å². The molecule has 0 bridgehead atoms. The summed E-state index contributed by atoms with van der Waals surface area (Å²) in [5.74, 6) is 0.0448. The number of rotatable bonds is 6. The molecular weight excluding hydrogens is 315 g/mol. The minimum Gasteiger partial charge on any atom is -0.467 e. The van der Waals surface area contributed by atoms with Crippen LogP contribution in [0.2, 0.25) is 0 Å². The largest absolute Gasteiger partial charge is 0.467 e. The molecule has 2 N–H and O–H groups in total. The first-order chi connectivity index (χ1) is 11.6.